The van der Waals surface area contributed by atoms with Gasteiger partial charge in [-0.1, -0.05) is 13.0 Å². The van der Waals surface area contributed by atoms with Crippen LogP contribution in [-0.4, -0.2) is 51.1 Å². The van der Waals surface area contributed by atoms with Gasteiger partial charge in [0.25, 0.3) is 0 Å². The molecule has 26 heavy (non-hydrogen) atoms. The van der Waals surface area contributed by atoms with Crippen LogP contribution >= 0.6 is 0 Å². The summed E-state index contributed by atoms with van der Waals surface area (Å²) in [5.74, 6) is 0.508. The fourth-order valence-corrected chi connectivity index (χ4v) is 5.30. The molecule has 0 aliphatic carbocycles. The Hall–Kier alpha value is -1.97. The van der Waals surface area contributed by atoms with Gasteiger partial charge < -0.3 is 4.74 Å². The van der Waals surface area contributed by atoms with Crippen molar-refractivity contribution in [3.8, 4) is 5.75 Å². The van der Waals surface area contributed by atoms with Gasteiger partial charge in [-0.05, 0) is 36.8 Å². The van der Waals surface area contributed by atoms with E-state index in [0.717, 1.165) is 0 Å². The highest BCUT2D eigenvalue weighted by Gasteiger charge is 2.34. The zero-order valence-electron chi connectivity index (χ0n) is 14.3. The summed E-state index contributed by atoms with van der Waals surface area (Å²) in [6.45, 7) is 2.05. The molecule has 2 heterocycles. The first-order valence-electron chi connectivity index (χ1n) is 8.22. The minimum atomic E-state index is -3.78. The molecule has 9 heteroatoms. The molecule has 7 nitrogen and oxygen atoms in total. The Morgan fingerprint density at radius 1 is 1.15 bits per heavy atom. The molecule has 140 valence electrons. The number of nitrogens with zero attached hydrogens (tertiary/aromatic N) is 2. The van der Waals surface area contributed by atoms with Crippen LogP contribution < -0.4 is 4.74 Å². The minimum absolute atomic E-state index is 0.0171. The van der Waals surface area contributed by atoms with Crippen molar-refractivity contribution in [3.05, 3.63) is 48.8 Å². The molecule has 1 atom stereocenters. The second-order valence-electron chi connectivity index (χ2n) is 5.96. The van der Waals surface area contributed by atoms with E-state index in [1.165, 1.54) is 35.5 Å². The second-order valence-corrected chi connectivity index (χ2v) is 10.2. The number of hydrogen-bond donors (Lipinski definition) is 0. The zero-order chi connectivity index (χ0) is 18.8. The highest BCUT2D eigenvalue weighted by molar-refractivity contribution is 7.91. The van der Waals surface area contributed by atoms with Crippen LogP contribution in [0.1, 0.15) is 13.3 Å². The summed E-state index contributed by atoms with van der Waals surface area (Å²) in [4.78, 5) is 3.97. The normalized spacial score (nSPS) is 18.7. The van der Waals surface area contributed by atoms with Crippen molar-refractivity contribution < 1.29 is 21.6 Å². The van der Waals surface area contributed by atoms with Crippen molar-refractivity contribution in [2.75, 3.05) is 18.8 Å². The summed E-state index contributed by atoms with van der Waals surface area (Å²) in [6.07, 6.45) is 3.50. The van der Waals surface area contributed by atoms with Crippen molar-refractivity contribution in [2.24, 2.45) is 0 Å². The third-order valence-electron chi connectivity index (χ3n) is 4.23. The lowest BCUT2D eigenvalue weighted by Crippen LogP contribution is -2.31. The van der Waals surface area contributed by atoms with Crippen molar-refractivity contribution in [2.45, 2.75) is 29.2 Å². The van der Waals surface area contributed by atoms with E-state index in [0.29, 0.717) is 18.7 Å². The maximum atomic E-state index is 12.9. The Kier molecular flexibility index (Phi) is 5.31. The lowest BCUT2D eigenvalue weighted by atomic mass is 10.3. The van der Waals surface area contributed by atoms with Gasteiger partial charge in [-0.3, -0.25) is 4.98 Å². The summed E-state index contributed by atoms with van der Waals surface area (Å²) in [7, 11) is -7.25. The molecule has 1 aliphatic heterocycles. The highest BCUT2D eigenvalue weighted by atomic mass is 32.2. The van der Waals surface area contributed by atoms with E-state index < -0.39 is 19.9 Å². The fraction of sp³-hybridized carbons (Fsp3) is 0.353. The number of benzene rings is 1. The molecular formula is C17H20N2O5S2. The molecule has 0 N–H and O–H groups in total. The largest absolute Gasteiger partial charge is 0.487 e. The molecule has 2 aromatic rings. The van der Waals surface area contributed by atoms with Gasteiger partial charge in [-0.25, -0.2) is 16.8 Å². The average Bonchev–Trinajstić information content (AvgIpc) is 3.12. The van der Waals surface area contributed by atoms with Gasteiger partial charge in [0.15, 0.2) is 9.84 Å². The predicted molar refractivity (Wildman–Crippen MR) is 96.2 cm³/mol. The topological polar surface area (TPSA) is 93.6 Å². The Balaban J connectivity index is 1.78. The highest BCUT2D eigenvalue weighted by Crippen LogP contribution is 2.25. The Labute approximate surface area is 153 Å². The molecule has 1 aromatic heterocycles. The molecule has 0 bridgehead atoms. The van der Waals surface area contributed by atoms with Crippen molar-refractivity contribution in [1.82, 2.24) is 9.29 Å². The van der Waals surface area contributed by atoms with Gasteiger partial charge in [0.1, 0.15) is 11.9 Å². The minimum Gasteiger partial charge on any atom is -0.487 e. The van der Waals surface area contributed by atoms with Crippen LogP contribution in [0.25, 0.3) is 0 Å². The molecule has 0 amide bonds. The molecule has 3 rings (SSSR count). The number of ether oxygens (including phenoxy) is 1. The number of hydrogen-bond acceptors (Lipinski definition) is 6. The lowest BCUT2D eigenvalue weighted by Gasteiger charge is -2.17. The van der Waals surface area contributed by atoms with E-state index in [9.17, 15) is 16.8 Å². The third kappa shape index (κ3) is 3.89. The van der Waals surface area contributed by atoms with Crippen LogP contribution in [0.15, 0.2) is 58.6 Å². The van der Waals surface area contributed by atoms with E-state index in [1.54, 1.807) is 24.5 Å². The molecule has 0 saturated carbocycles. The summed E-state index contributed by atoms with van der Waals surface area (Å²) < 4.78 is 56.9. The summed E-state index contributed by atoms with van der Waals surface area (Å²) in [6, 6.07) is 9.02. The maximum absolute atomic E-state index is 12.9. The first-order chi connectivity index (χ1) is 12.3. The van der Waals surface area contributed by atoms with Gasteiger partial charge in [-0.15, -0.1) is 0 Å². The zero-order valence-corrected chi connectivity index (χ0v) is 15.9. The standard InChI is InChI=1S/C17H20N2O5S2/c1-2-25(20,21)16-6-3-7-17(11-16)26(22,23)19-10-8-15(13-19)24-14-5-4-9-18-12-14/h3-7,9,11-12,15H,2,8,10,13H2,1H3/t15-/m1/s1. The first kappa shape index (κ1) is 18.8. The van der Waals surface area contributed by atoms with E-state index in [4.69, 9.17) is 4.74 Å². The maximum Gasteiger partial charge on any atom is 0.243 e. The number of aromatic nitrogens is 1. The molecular weight excluding hydrogens is 376 g/mol. The molecule has 0 spiro atoms. The van der Waals surface area contributed by atoms with Gasteiger partial charge in [0.2, 0.25) is 10.0 Å². The van der Waals surface area contributed by atoms with Crippen LogP contribution in [0, 0.1) is 0 Å². The van der Waals surface area contributed by atoms with Crippen LogP contribution in [-0.2, 0) is 19.9 Å². The molecule has 1 saturated heterocycles. The third-order valence-corrected chi connectivity index (χ3v) is 7.82. The van der Waals surface area contributed by atoms with E-state index in [1.807, 2.05) is 0 Å². The van der Waals surface area contributed by atoms with Gasteiger partial charge >= 0.3 is 0 Å². The molecule has 1 aliphatic rings. The molecule has 0 unspecified atom stereocenters. The van der Waals surface area contributed by atoms with Gasteiger partial charge in [0.05, 0.1) is 28.3 Å². The summed E-state index contributed by atoms with van der Waals surface area (Å²) in [5.41, 5.74) is 0. The Bertz CT molecular complexity index is 975. The molecule has 1 aromatic carbocycles. The Morgan fingerprint density at radius 2 is 1.92 bits per heavy atom. The van der Waals surface area contributed by atoms with Crippen molar-refractivity contribution in [1.29, 1.82) is 0 Å². The van der Waals surface area contributed by atoms with Crippen LogP contribution in [0.2, 0.25) is 0 Å². The number of pyridine rings is 1. The molecule has 1 fully saturated rings. The fourth-order valence-electron chi connectivity index (χ4n) is 2.77. The van der Waals surface area contributed by atoms with E-state index in [-0.39, 0.29) is 28.2 Å². The number of rotatable bonds is 6. The summed E-state index contributed by atoms with van der Waals surface area (Å²) >= 11 is 0. The predicted octanol–water partition coefficient (Wildman–Crippen LogP) is 1.72. The number of sulfone groups is 1. The SMILES string of the molecule is CCS(=O)(=O)c1cccc(S(=O)(=O)N2CC[C@@H](Oc3cccnc3)C2)c1. The van der Waals surface area contributed by atoms with Crippen LogP contribution in [0.3, 0.4) is 0 Å². The average molecular weight is 396 g/mol. The monoisotopic (exact) mass is 396 g/mol. The van der Waals surface area contributed by atoms with E-state index >= 15 is 0 Å². The van der Waals surface area contributed by atoms with E-state index in [2.05, 4.69) is 4.98 Å². The van der Waals surface area contributed by atoms with Crippen LogP contribution in [0.4, 0.5) is 0 Å². The quantitative estimate of drug-likeness (QED) is 0.738. The lowest BCUT2D eigenvalue weighted by molar-refractivity contribution is 0.214. The van der Waals surface area contributed by atoms with Crippen molar-refractivity contribution in [3.63, 3.8) is 0 Å². The Morgan fingerprint density at radius 3 is 2.62 bits per heavy atom. The first-order valence-corrected chi connectivity index (χ1v) is 11.3. The summed E-state index contributed by atoms with van der Waals surface area (Å²) in [5, 5.41) is 0. The van der Waals surface area contributed by atoms with Crippen LogP contribution in [0.5, 0.6) is 5.75 Å². The van der Waals surface area contributed by atoms with Crippen molar-refractivity contribution >= 4 is 19.9 Å². The van der Waals surface area contributed by atoms with Gasteiger partial charge in [-0.2, -0.15) is 4.31 Å². The smallest absolute Gasteiger partial charge is 0.243 e. The second kappa shape index (κ2) is 7.34. The van der Waals surface area contributed by atoms with Gasteiger partial charge in [0, 0.05) is 12.7 Å². The number of sulfonamides is 1. The molecule has 0 radical (unpaired) electrons.